The fourth-order valence-electron chi connectivity index (χ4n) is 4.42. The van der Waals surface area contributed by atoms with Gasteiger partial charge < -0.3 is 0 Å². The van der Waals surface area contributed by atoms with Crippen LogP contribution in [-0.4, -0.2) is 31.8 Å². The van der Waals surface area contributed by atoms with Gasteiger partial charge in [0.2, 0.25) is 0 Å². The monoisotopic (exact) mass is 547 g/mol. The number of nitro groups is 1. The van der Waals surface area contributed by atoms with Crippen LogP contribution in [0.3, 0.4) is 0 Å². The second-order valence-electron chi connectivity index (χ2n) is 9.09. The molecule has 0 aliphatic heterocycles. The Kier molecular flexibility index (Phi) is 7.39. The molecule has 0 fully saturated rings. The molecular weight excluding hydrogens is 522 g/mol. The molecule has 1 aliphatic carbocycles. The number of amides is 1. The Hall–Kier alpha value is -3.83. The molecule has 1 aliphatic rings. The third-order valence-electron chi connectivity index (χ3n) is 6.41. The van der Waals surface area contributed by atoms with Crippen molar-refractivity contribution >= 4 is 50.6 Å². The van der Waals surface area contributed by atoms with E-state index in [2.05, 4.69) is 10.5 Å². The summed E-state index contributed by atoms with van der Waals surface area (Å²) >= 11 is 2.75. The van der Waals surface area contributed by atoms with E-state index in [0.29, 0.717) is 32.3 Å². The molecule has 5 rings (SSSR count). The third kappa shape index (κ3) is 5.25. The Morgan fingerprint density at radius 1 is 1.21 bits per heavy atom. The van der Waals surface area contributed by atoms with Crippen LogP contribution in [0, 0.1) is 17.0 Å². The highest BCUT2D eigenvalue weighted by molar-refractivity contribution is 7.99. The number of rotatable bonds is 7. The molecule has 194 valence electrons. The van der Waals surface area contributed by atoms with Crippen molar-refractivity contribution in [1.29, 1.82) is 0 Å². The van der Waals surface area contributed by atoms with E-state index in [1.54, 1.807) is 35.0 Å². The fourth-order valence-corrected chi connectivity index (χ4v) is 6.53. The molecule has 11 heteroatoms. The van der Waals surface area contributed by atoms with Gasteiger partial charge in [0.15, 0.2) is 5.16 Å². The molecule has 38 heavy (non-hydrogen) atoms. The molecule has 0 unspecified atom stereocenters. The summed E-state index contributed by atoms with van der Waals surface area (Å²) in [5, 5.41) is 16.3. The molecule has 0 bridgehead atoms. The largest absolute Gasteiger partial charge is 0.272 e. The summed E-state index contributed by atoms with van der Waals surface area (Å²) in [5.74, 6) is -0.393. The van der Waals surface area contributed by atoms with Gasteiger partial charge in [-0.1, -0.05) is 41.6 Å². The van der Waals surface area contributed by atoms with Crippen molar-refractivity contribution in [3.8, 4) is 5.69 Å². The molecule has 2 aromatic carbocycles. The Labute approximate surface area is 226 Å². The number of hydrogen-bond donors (Lipinski definition) is 1. The molecule has 0 saturated carbocycles. The van der Waals surface area contributed by atoms with E-state index >= 15 is 0 Å². The van der Waals surface area contributed by atoms with Gasteiger partial charge in [-0.05, 0) is 57.2 Å². The number of carbonyl (C=O) groups is 1. The molecule has 1 N–H and O–H groups in total. The highest BCUT2D eigenvalue weighted by atomic mass is 32.2. The van der Waals surface area contributed by atoms with E-state index in [0.717, 1.165) is 36.8 Å². The number of carbonyl (C=O) groups excluding carboxylic acids is 1. The number of thiophene rings is 1. The summed E-state index contributed by atoms with van der Waals surface area (Å²) in [7, 11) is 0. The minimum Gasteiger partial charge on any atom is -0.272 e. The van der Waals surface area contributed by atoms with Crippen molar-refractivity contribution in [2.45, 2.75) is 44.7 Å². The van der Waals surface area contributed by atoms with Gasteiger partial charge in [0.25, 0.3) is 17.2 Å². The SMILES string of the molecule is C/C(=N\NC(=O)CSc1nc2sc3c(c2c(=O)n1-c1ccc(C)cc1)CCCC3)c1cccc([N+](=O)[O-])c1. The summed E-state index contributed by atoms with van der Waals surface area (Å²) in [6, 6.07) is 13.7. The zero-order chi connectivity index (χ0) is 26.8. The van der Waals surface area contributed by atoms with Crippen LogP contribution in [0.5, 0.6) is 0 Å². The number of aryl methyl sites for hydroxylation is 3. The highest BCUT2D eigenvalue weighted by Gasteiger charge is 2.23. The maximum absolute atomic E-state index is 13.8. The molecule has 0 radical (unpaired) electrons. The van der Waals surface area contributed by atoms with E-state index in [9.17, 15) is 19.7 Å². The van der Waals surface area contributed by atoms with Crippen LogP contribution in [0.2, 0.25) is 0 Å². The average molecular weight is 548 g/mol. The van der Waals surface area contributed by atoms with Gasteiger partial charge in [-0.25, -0.2) is 10.4 Å². The molecule has 0 atom stereocenters. The first-order valence-electron chi connectivity index (χ1n) is 12.2. The van der Waals surface area contributed by atoms with Crippen molar-refractivity contribution in [1.82, 2.24) is 15.0 Å². The number of aromatic nitrogens is 2. The lowest BCUT2D eigenvalue weighted by Gasteiger charge is -2.13. The number of nitrogens with zero attached hydrogens (tertiary/aromatic N) is 4. The van der Waals surface area contributed by atoms with Gasteiger partial charge in [-0.3, -0.25) is 24.3 Å². The Balaban J connectivity index is 1.42. The van der Waals surface area contributed by atoms with Crippen molar-refractivity contribution in [2.75, 3.05) is 5.75 Å². The van der Waals surface area contributed by atoms with Crippen LogP contribution in [0.4, 0.5) is 5.69 Å². The fraction of sp³-hybridized carbons (Fsp3) is 0.259. The minimum atomic E-state index is -0.479. The van der Waals surface area contributed by atoms with Crippen molar-refractivity contribution < 1.29 is 9.72 Å². The van der Waals surface area contributed by atoms with Crippen LogP contribution in [0.1, 0.15) is 41.3 Å². The number of nitrogens with one attached hydrogen (secondary N) is 1. The zero-order valence-corrected chi connectivity index (χ0v) is 22.5. The number of nitro benzene ring substituents is 1. The molecular formula is C27H25N5O4S2. The Bertz CT molecular complexity index is 1640. The van der Waals surface area contributed by atoms with Gasteiger partial charge in [-0.2, -0.15) is 5.10 Å². The number of hydrazone groups is 1. The van der Waals surface area contributed by atoms with Gasteiger partial charge in [0, 0.05) is 22.6 Å². The molecule has 2 heterocycles. The lowest BCUT2D eigenvalue weighted by molar-refractivity contribution is -0.384. The Morgan fingerprint density at radius 2 is 1.97 bits per heavy atom. The lowest BCUT2D eigenvalue weighted by Crippen LogP contribution is -2.24. The van der Waals surface area contributed by atoms with E-state index in [1.165, 1.54) is 28.8 Å². The normalized spacial score (nSPS) is 13.4. The lowest BCUT2D eigenvalue weighted by atomic mass is 9.97. The average Bonchev–Trinajstić information content (AvgIpc) is 3.30. The summed E-state index contributed by atoms with van der Waals surface area (Å²) in [4.78, 5) is 43.8. The van der Waals surface area contributed by atoms with Crippen LogP contribution >= 0.6 is 23.1 Å². The highest BCUT2D eigenvalue weighted by Crippen LogP contribution is 2.35. The zero-order valence-electron chi connectivity index (χ0n) is 20.9. The predicted octanol–water partition coefficient (Wildman–Crippen LogP) is 5.18. The van der Waals surface area contributed by atoms with Gasteiger partial charge in [0.1, 0.15) is 4.83 Å². The minimum absolute atomic E-state index is 0.0133. The quantitative estimate of drug-likeness (QED) is 0.112. The van der Waals surface area contributed by atoms with E-state index in [1.807, 2.05) is 31.2 Å². The van der Waals surface area contributed by atoms with Crippen molar-refractivity contribution in [2.24, 2.45) is 5.10 Å². The van der Waals surface area contributed by atoms with Gasteiger partial charge >= 0.3 is 0 Å². The topological polar surface area (TPSA) is 119 Å². The van der Waals surface area contributed by atoms with Crippen LogP contribution in [-0.2, 0) is 17.6 Å². The molecule has 1 amide bonds. The second kappa shape index (κ2) is 10.9. The summed E-state index contributed by atoms with van der Waals surface area (Å²) < 4.78 is 1.60. The van der Waals surface area contributed by atoms with Gasteiger partial charge in [0.05, 0.1) is 27.5 Å². The van der Waals surface area contributed by atoms with Crippen molar-refractivity contribution in [3.63, 3.8) is 0 Å². The number of fused-ring (bicyclic) bond motifs is 3. The molecule has 0 saturated heterocycles. The third-order valence-corrected chi connectivity index (χ3v) is 8.53. The summed E-state index contributed by atoms with van der Waals surface area (Å²) in [6.45, 7) is 3.65. The predicted molar refractivity (Wildman–Crippen MR) is 151 cm³/mol. The van der Waals surface area contributed by atoms with Crippen LogP contribution in [0.25, 0.3) is 15.9 Å². The molecule has 0 spiro atoms. The number of hydrogen-bond acceptors (Lipinski definition) is 8. The molecule has 2 aromatic heterocycles. The van der Waals surface area contributed by atoms with E-state index in [-0.39, 0.29) is 22.9 Å². The van der Waals surface area contributed by atoms with Crippen molar-refractivity contribution in [3.05, 3.63) is 90.6 Å². The first kappa shape index (κ1) is 25.8. The van der Waals surface area contributed by atoms with Crippen LogP contribution < -0.4 is 11.0 Å². The standard InChI is InChI=1S/C27H25N5O4S2/c1-16-10-12-19(13-11-16)31-26(34)24-21-8-3-4-9-22(21)38-25(24)28-27(31)37-15-23(33)30-29-17(2)18-6-5-7-20(14-18)32(35)36/h5-7,10-14H,3-4,8-9,15H2,1-2H3,(H,30,33)/b29-17+. The maximum atomic E-state index is 13.8. The Morgan fingerprint density at radius 3 is 2.74 bits per heavy atom. The second-order valence-corrected chi connectivity index (χ2v) is 11.1. The first-order valence-corrected chi connectivity index (χ1v) is 14.0. The molecule has 9 nitrogen and oxygen atoms in total. The molecule has 4 aromatic rings. The maximum Gasteiger partial charge on any atom is 0.270 e. The number of thioether (sulfide) groups is 1. The smallest absolute Gasteiger partial charge is 0.270 e. The number of non-ortho nitro benzene ring substituents is 1. The summed E-state index contributed by atoms with van der Waals surface area (Å²) in [6.07, 6.45) is 4.03. The van der Waals surface area contributed by atoms with E-state index < -0.39 is 4.92 Å². The van der Waals surface area contributed by atoms with Gasteiger partial charge in [-0.15, -0.1) is 11.3 Å². The van der Waals surface area contributed by atoms with E-state index in [4.69, 9.17) is 4.98 Å². The van der Waals surface area contributed by atoms with Crippen LogP contribution in [0.15, 0.2) is 63.6 Å². The number of benzene rings is 2. The summed E-state index contributed by atoms with van der Waals surface area (Å²) in [5.41, 5.74) is 6.22. The first-order chi connectivity index (χ1) is 18.3.